The van der Waals surface area contributed by atoms with Gasteiger partial charge in [-0.25, -0.2) is 0 Å². The van der Waals surface area contributed by atoms with Crippen molar-refractivity contribution in [2.45, 2.75) is 54.8 Å². The number of hydrogen-bond acceptors (Lipinski definition) is 3. The fraction of sp³-hybridized carbons (Fsp3) is 0.429. The number of rotatable bonds is 0. The summed E-state index contributed by atoms with van der Waals surface area (Å²) in [6.07, 6.45) is 4.14. The molecule has 0 amide bonds. The van der Waals surface area contributed by atoms with Crippen LogP contribution < -0.4 is 0 Å². The molecule has 0 aliphatic heterocycles. The lowest BCUT2D eigenvalue weighted by Gasteiger charge is -1.95. The normalized spacial score (nSPS) is 37.5. The number of hydrogen-bond donors (Lipinski definition) is 0. The van der Waals surface area contributed by atoms with E-state index in [0.717, 1.165) is 35.5 Å². The molecule has 3 heterocycles. The van der Waals surface area contributed by atoms with Crippen LogP contribution in [0.5, 0.6) is 0 Å². The minimum absolute atomic E-state index is 0.811. The second kappa shape index (κ2) is 4.44. The van der Waals surface area contributed by atoms with E-state index in [2.05, 4.69) is 34.3 Å². The van der Waals surface area contributed by atoms with Gasteiger partial charge in [-0.1, -0.05) is 0 Å². The summed E-state index contributed by atoms with van der Waals surface area (Å²) < 4.78 is 0. The molecule has 0 N–H and O–H groups in total. The van der Waals surface area contributed by atoms with Crippen molar-refractivity contribution in [1.29, 1.82) is 0 Å². The zero-order valence-corrected chi connectivity index (χ0v) is 15.7. The molecule has 6 bridgehead atoms. The van der Waals surface area contributed by atoms with Crippen LogP contribution in [0.4, 0.5) is 0 Å². The first kappa shape index (κ1) is 13.3. The van der Waals surface area contributed by atoms with Gasteiger partial charge in [0.1, 0.15) is 0 Å². The summed E-state index contributed by atoms with van der Waals surface area (Å²) in [7, 11) is 0. The van der Waals surface area contributed by atoms with Crippen LogP contribution in [0.1, 0.15) is 86.1 Å². The van der Waals surface area contributed by atoms with E-state index in [1.54, 1.807) is 31.3 Å². The summed E-state index contributed by atoms with van der Waals surface area (Å²) in [5.74, 6) is 4.88. The first-order valence-electron chi connectivity index (χ1n) is 9.10. The maximum absolute atomic E-state index is 2.55. The third-order valence-electron chi connectivity index (χ3n) is 6.67. The first-order valence-corrected chi connectivity index (χ1v) is 11.7. The van der Waals surface area contributed by atoms with Crippen LogP contribution in [-0.4, -0.2) is 0 Å². The Labute approximate surface area is 154 Å². The van der Waals surface area contributed by atoms with E-state index in [9.17, 15) is 0 Å². The molecule has 3 aromatic heterocycles. The summed E-state index contributed by atoms with van der Waals surface area (Å²) in [6.45, 7) is 0. The third kappa shape index (κ3) is 1.84. The molecule has 7 rings (SSSR count). The van der Waals surface area contributed by atoms with Gasteiger partial charge in [0.15, 0.2) is 0 Å². The predicted molar refractivity (Wildman–Crippen MR) is 103 cm³/mol. The minimum atomic E-state index is 0.811. The van der Waals surface area contributed by atoms with Gasteiger partial charge in [0.25, 0.3) is 0 Å². The van der Waals surface area contributed by atoms with Gasteiger partial charge in [-0.15, -0.1) is 34.0 Å². The monoisotopic (exact) mass is 366 g/mol. The first-order chi connectivity index (χ1) is 11.8. The molecule has 3 fully saturated rings. The highest BCUT2D eigenvalue weighted by atomic mass is 32.1. The van der Waals surface area contributed by atoms with Gasteiger partial charge < -0.3 is 0 Å². The van der Waals surface area contributed by atoms with E-state index in [-0.39, 0.29) is 0 Å². The molecule has 4 aliphatic carbocycles. The van der Waals surface area contributed by atoms with Crippen LogP contribution >= 0.6 is 34.0 Å². The molecule has 0 unspecified atom stereocenters. The molecule has 3 heteroatoms. The van der Waals surface area contributed by atoms with Gasteiger partial charge in [0, 0.05) is 32.4 Å². The van der Waals surface area contributed by atoms with Gasteiger partial charge in [-0.05, 0) is 88.0 Å². The van der Waals surface area contributed by atoms with E-state index >= 15 is 0 Å². The van der Waals surface area contributed by atoms with Gasteiger partial charge in [-0.3, -0.25) is 0 Å². The van der Waals surface area contributed by atoms with Crippen molar-refractivity contribution in [3.63, 3.8) is 0 Å². The lowest BCUT2D eigenvalue weighted by Crippen LogP contribution is -1.80. The average molecular weight is 367 g/mol. The van der Waals surface area contributed by atoms with Crippen molar-refractivity contribution in [1.82, 2.24) is 0 Å². The van der Waals surface area contributed by atoms with Crippen LogP contribution in [0.2, 0.25) is 0 Å². The fourth-order valence-electron chi connectivity index (χ4n) is 4.91. The molecule has 0 spiro atoms. The van der Waals surface area contributed by atoms with E-state index in [0.29, 0.717) is 0 Å². The van der Waals surface area contributed by atoms with Crippen LogP contribution in [-0.2, 0) is 0 Å². The SMILES string of the molecule is c1sc2cc1[C@H]1C[C@H]1c1cc(cs1)[C@H]1C[C@H]1c1cc(cs1)[C@H]1C[C@@H]21. The zero-order chi connectivity index (χ0) is 15.4. The standard InChI is InChI=1S/C21H18S3/c1-10-7-22-19(1)16-5-14(16)11-2-21(24-8-11)18-6-15(18)12-3-20(23-9-12)17-4-13(10)17/h1-3,7-9,13-18H,4-6H2/t13-,14-,15-,16-,17-,18-/m1/s1. The molecule has 0 nitrogen and oxygen atoms in total. The number of fused-ring (bicyclic) bond motifs is 15. The smallest absolute Gasteiger partial charge is 0.00854 e. The maximum atomic E-state index is 2.55. The van der Waals surface area contributed by atoms with E-state index in [4.69, 9.17) is 0 Å². The molecule has 0 aromatic carbocycles. The Morgan fingerprint density at radius 1 is 0.500 bits per heavy atom. The van der Waals surface area contributed by atoms with Crippen LogP contribution in [0.15, 0.2) is 34.3 Å². The Bertz CT molecular complexity index is 766. The molecule has 120 valence electrons. The lowest BCUT2D eigenvalue weighted by molar-refractivity contribution is 1.03. The Balaban J connectivity index is 1.34. The molecular formula is C21H18S3. The summed E-state index contributed by atoms with van der Waals surface area (Å²) in [4.78, 5) is 4.96. The van der Waals surface area contributed by atoms with Crippen molar-refractivity contribution < 1.29 is 0 Å². The van der Waals surface area contributed by atoms with Gasteiger partial charge in [-0.2, -0.15) is 0 Å². The second-order valence-corrected chi connectivity index (χ2v) is 11.0. The molecule has 6 atom stereocenters. The summed E-state index contributed by atoms with van der Waals surface area (Å²) in [5, 5.41) is 7.39. The summed E-state index contributed by atoms with van der Waals surface area (Å²) >= 11 is 6.08. The van der Waals surface area contributed by atoms with Gasteiger partial charge in [0.05, 0.1) is 0 Å². The van der Waals surface area contributed by atoms with Crippen molar-refractivity contribution in [3.8, 4) is 0 Å². The van der Waals surface area contributed by atoms with Crippen molar-refractivity contribution in [2.24, 2.45) is 0 Å². The molecular weight excluding hydrogens is 348 g/mol. The van der Waals surface area contributed by atoms with E-state index < -0.39 is 0 Å². The molecule has 4 aliphatic rings. The van der Waals surface area contributed by atoms with Crippen LogP contribution in [0.25, 0.3) is 0 Å². The molecule has 0 radical (unpaired) electrons. The molecule has 3 aromatic rings. The zero-order valence-electron chi connectivity index (χ0n) is 13.3. The third-order valence-corrected chi connectivity index (χ3v) is 9.92. The second-order valence-electron chi connectivity index (χ2n) is 8.19. The van der Waals surface area contributed by atoms with Gasteiger partial charge >= 0.3 is 0 Å². The van der Waals surface area contributed by atoms with Crippen LogP contribution in [0.3, 0.4) is 0 Å². The Morgan fingerprint density at radius 3 is 1.17 bits per heavy atom. The molecule has 24 heavy (non-hydrogen) atoms. The van der Waals surface area contributed by atoms with Crippen molar-refractivity contribution in [3.05, 3.63) is 65.7 Å². The largest absolute Gasteiger partial charge is 0.148 e. The molecule has 0 saturated heterocycles. The van der Waals surface area contributed by atoms with E-state index in [1.807, 2.05) is 34.0 Å². The quantitative estimate of drug-likeness (QED) is 0.402. The highest BCUT2D eigenvalue weighted by Gasteiger charge is 2.47. The topological polar surface area (TPSA) is 0 Å². The number of thiophene rings is 3. The van der Waals surface area contributed by atoms with E-state index in [1.165, 1.54) is 19.3 Å². The van der Waals surface area contributed by atoms with Crippen molar-refractivity contribution in [2.75, 3.05) is 0 Å². The Morgan fingerprint density at radius 2 is 0.833 bits per heavy atom. The predicted octanol–water partition coefficient (Wildman–Crippen LogP) is 7.00. The average Bonchev–Trinajstić information content (AvgIpc) is 3.58. The molecule has 3 saturated carbocycles. The van der Waals surface area contributed by atoms with Crippen LogP contribution in [0, 0.1) is 0 Å². The fourth-order valence-corrected chi connectivity index (χ4v) is 8.37. The minimum Gasteiger partial charge on any atom is -0.148 e. The van der Waals surface area contributed by atoms with Crippen molar-refractivity contribution >= 4 is 34.0 Å². The Kier molecular flexibility index (Phi) is 2.46. The highest BCUT2D eigenvalue weighted by molar-refractivity contribution is 7.11. The maximum Gasteiger partial charge on any atom is 0.00854 e. The summed E-state index contributed by atoms with van der Waals surface area (Å²) in [6, 6.07) is 7.66. The lowest BCUT2D eigenvalue weighted by atomic mass is 10.1. The Hall–Kier alpha value is -0.900. The van der Waals surface area contributed by atoms with Gasteiger partial charge in [0.2, 0.25) is 0 Å². The highest BCUT2D eigenvalue weighted by Crippen LogP contribution is 2.63. The summed E-state index contributed by atoms with van der Waals surface area (Å²) in [5.41, 5.74) is 4.89.